The van der Waals surface area contributed by atoms with Crippen LogP contribution in [0.3, 0.4) is 0 Å². The molecule has 1 aromatic rings. The molecule has 0 spiro atoms. The summed E-state index contributed by atoms with van der Waals surface area (Å²) < 4.78 is 0. The van der Waals surface area contributed by atoms with Gasteiger partial charge in [0.15, 0.2) is 5.11 Å². The maximum Gasteiger partial charge on any atom is 0.166 e. The van der Waals surface area contributed by atoms with E-state index in [-0.39, 0.29) is 0 Å². The highest BCUT2D eigenvalue weighted by atomic mass is 32.1. The Morgan fingerprint density at radius 2 is 2.29 bits per heavy atom. The lowest BCUT2D eigenvalue weighted by atomic mass is 10.1. The van der Waals surface area contributed by atoms with E-state index in [2.05, 4.69) is 15.6 Å². The van der Waals surface area contributed by atoms with Crippen molar-refractivity contribution in [3.63, 3.8) is 0 Å². The first-order valence-electron chi connectivity index (χ1n) is 4.65. The molecule has 1 heterocycles. The molecule has 4 heteroatoms. The number of aryl methyl sites for hydroxylation is 1. The van der Waals surface area contributed by atoms with Crippen molar-refractivity contribution < 1.29 is 0 Å². The number of pyridine rings is 1. The Hall–Kier alpha value is -1.16. The minimum absolute atomic E-state index is 0.698. The van der Waals surface area contributed by atoms with E-state index in [0.717, 1.165) is 13.1 Å². The van der Waals surface area contributed by atoms with Crippen LogP contribution in [-0.4, -0.2) is 16.6 Å². The van der Waals surface area contributed by atoms with Gasteiger partial charge in [-0.2, -0.15) is 0 Å². The molecule has 14 heavy (non-hydrogen) atoms. The van der Waals surface area contributed by atoms with Gasteiger partial charge in [-0.05, 0) is 43.3 Å². The Kier molecular flexibility index (Phi) is 4.32. The highest BCUT2D eigenvalue weighted by Crippen LogP contribution is 2.03. The fraction of sp³-hybridized carbons (Fsp3) is 0.400. The third kappa shape index (κ3) is 3.30. The monoisotopic (exact) mass is 209 g/mol. The van der Waals surface area contributed by atoms with Crippen LogP contribution in [-0.2, 0) is 6.54 Å². The van der Waals surface area contributed by atoms with Crippen LogP contribution in [0, 0.1) is 6.92 Å². The molecule has 0 aliphatic rings. The van der Waals surface area contributed by atoms with Crippen molar-refractivity contribution >= 4 is 17.3 Å². The minimum Gasteiger partial charge on any atom is -0.363 e. The molecule has 0 fully saturated rings. The molecule has 1 aromatic heterocycles. The van der Waals surface area contributed by atoms with Gasteiger partial charge in [-0.1, -0.05) is 0 Å². The summed E-state index contributed by atoms with van der Waals surface area (Å²) in [6, 6.07) is 2.00. The Morgan fingerprint density at radius 1 is 1.50 bits per heavy atom. The number of nitrogens with zero attached hydrogens (tertiary/aromatic N) is 1. The zero-order chi connectivity index (χ0) is 10.4. The van der Waals surface area contributed by atoms with E-state index < -0.39 is 0 Å². The smallest absolute Gasteiger partial charge is 0.166 e. The van der Waals surface area contributed by atoms with Crippen LogP contribution in [0.4, 0.5) is 0 Å². The Bertz CT molecular complexity index is 312. The van der Waals surface area contributed by atoms with Gasteiger partial charge in [0.05, 0.1) is 0 Å². The van der Waals surface area contributed by atoms with Crippen molar-refractivity contribution in [3.05, 3.63) is 29.6 Å². The normalized spacial score (nSPS) is 9.57. The van der Waals surface area contributed by atoms with Crippen molar-refractivity contribution in [1.29, 1.82) is 0 Å². The topological polar surface area (TPSA) is 37.0 Å². The second-order valence-electron chi connectivity index (χ2n) is 3.02. The quantitative estimate of drug-likeness (QED) is 0.737. The summed E-state index contributed by atoms with van der Waals surface area (Å²) >= 11 is 5.06. The van der Waals surface area contributed by atoms with E-state index >= 15 is 0 Å². The van der Waals surface area contributed by atoms with E-state index in [1.807, 2.05) is 26.1 Å². The first-order valence-corrected chi connectivity index (χ1v) is 5.06. The van der Waals surface area contributed by atoms with Gasteiger partial charge >= 0.3 is 0 Å². The number of nitrogens with one attached hydrogen (secondary N) is 2. The van der Waals surface area contributed by atoms with E-state index in [1.54, 1.807) is 6.20 Å². The Labute approximate surface area is 89.9 Å². The average molecular weight is 209 g/mol. The first kappa shape index (κ1) is 10.9. The summed E-state index contributed by atoms with van der Waals surface area (Å²) in [7, 11) is 0. The predicted octanol–water partition coefficient (Wildman–Crippen LogP) is 1.37. The van der Waals surface area contributed by atoms with Gasteiger partial charge in [-0.25, -0.2) is 0 Å². The largest absolute Gasteiger partial charge is 0.363 e. The average Bonchev–Trinajstić information content (AvgIpc) is 2.17. The van der Waals surface area contributed by atoms with Crippen LogP contribution >= 0.6 is 12.2 Å². The molecule has 0 radical (unpaired) electrons. The van der Waals surface area contributed by atoms with Crippen LogP contribution in [0.25, 0.3) is 0 Å². The third-order valence-corrected chi connectivity index (χ3v) is 2.20. The van der Waals surface area contributed by atoms with E-state index in [9.17, 15) is 0 Å². The summed E-state index contributed by atoms with van der Waals surface area (Å²) in [5, 5.41) is 6.87. The summed E-state index contributed by atoms with van der Waals surface area (Å²) in [5.74, 6) is 0. The number of aromatic nitrogens is 1. The zero-order valence-corrected chi connectivity index (χ0v) is 9.32. The standard InChI is InChI=1S/C10H15N3S/c1-3-12-10(14)13-7-9-4-5-11-6-8(9)2/h4-6H,3,7H2,1-2H3,(H2,12,13,14). The summed E-state index contributed by atoms with van der Waals surface area (Å²) in [6.07, 6.45) is 3.65. The van der Waals surface area contributed by atoms with Gasteiger partial charge in [0.2, 0.25) is 0 Å². The molecular formula is C10H15N3S. The van der Waals surface area contributed by atoms with E-state index in [1.165, 1.54) is 11.1 Å². The van der Waals surface area contributed by atoms with E-state index in [4.69, 9.17) is 12.2 Å². The van der Waals surface area contributed by atoms with E-state index in [0.29, 0.717) is 5.11 Å². The highest BCUT2D eigenvalue weighted by molar-refractivity contribution is 7.80. The molecule has 0 amide bonds. The molecule has 0 aliphatic carbocycles. The predicted molar refractivity (Wildman–Crippen MR) is 62.1 cm³/mol. The van der Waals surface area contributed by atoms with Crippen molar-refractivity contribution in [1.82, 2.24) is 15.6 Å². The number of hydrogen-bond donors (Lipinski definition) is 2. The van der Waals surface area contributed by atoms with Crippen LogP contribution in [0.5, 0.6) is 0 Å². The molecule has 0 atom stereocenters. The Morgan fingerprint density at radius 3 is 2.93 bits per heavy atom. The van der Waals surface area contributed by atoms with Gasteiger partial charge in [-0.3, -0.25) is 4.98 Å². The molecule has 0 aromatic carbocycles. The van der Waals surface area contributed by atoms with Gasteiger partial charge in [0.25, 0.3) is 0 Å². The molecule has 0 bridgehead atoms. The SMILES string of the molecule is CCNC(=S)NCc1ccncc1C. The highest BCUT2D eigenvalue weighted by Gasteiger charge is 1.97. The molecule has 76 valence electrons. The lowest BCUT2D eigenvalue weighted by Gasteiger charge is -2.09. The molecule has 0 aliphatic heterocycles. The number of thiocarbonyl (C=S) groups is 1. The fourth-order valence-electron chi connectivity index (χ4n) is 1.10. The lowest BCUT2D eigenvalue weighted by molar-refractivity contribution is 0.847. The minimum atomic E-state index is 0.698. The molecule has 0 saturated carbocycles. The second-order valence-corrected chi connectivity index (χ2v) is 3.42. The van der Waals surface area contributed by atoms with Crippen molar-refractivity contribution in [2.24, 2.45) is 0 Å². The maximum absolute atomic E-state index is 5.06. The molecule has 0 saturated heterocycles. The van der Waals surface area contributed by atoms with Crippen molar-refractivity contribution in [3.8, 4) is 0 Å². The Balaban J connectivity index is 2.46. The maximum atomic E-state index is 5.06. The third-order valence-electron chi connectivity index (χ3n) is 1.91. The molecular weight excluding hydrogens is 194 g/mol. The van der Waals surface area contributed by atoms with Gasteiger partial charge in [-0.15, -0.1) is 0 Å². The van der Waals surface area contributed by atoms with Gasteiger partial charge < -0.3 is 10.6 Å². The molecule has 1 rings (SSSR count). The van der Waals surface area contributed by atoms with Crippen LogP contribution in [0.1, 0.15) is 18.1 Å². The summed E-state index contributed by atoms with van der Waals surface area (Å²) in [4.78, 5) is 4.03. The number of hydrogen-bond acceptors (Lipinski definition) is 2. The number of rotatable bonds is 3. The molecule has 2 N–H and O–H groups in total. The summed E-state index contributed by atoms with van der Waals surface area (Å²) in [6.45, 7) is 5.66. The second kappa shape index (κ2) is 5.54. The molecule has 0 unspecified atom stereocenters. The van der Waals surface area contributed by atoms with Crippen molar-refractivity contribution in [2.45, 2.75) is 20.4 Å². The summed E-state index contributed by atoms with van der Waals surface area (Å²) in [5.41, 5.74) is 2.40. The molecule has 3 nitrogen and oxygen atoms in total. The fourth-order valence-corrected chi connectivity index (χ4v) is 1.32. The zero-order valence-electron chi connectivity index (χ0n) is 8.50. The van der Waals surface area contributed by atoms with Crippen molar-refractivity contribution in [2.75, 3.05) is 6.54 Å². The van der Waals surface area contributed by atoms with Crippen LogP contribution in [0.2, 0.25) is 0 Å². The van der Waals surface area contributed by atoms with Crippen LogP contribution in [0.15, 0.2) is 18.5 Å². The first-order chi connectivity index (χ1) is 6.74. The van der Waals surface area contributed by atoms with Gasteiger partial charge in [0.1, 0.15) is 0 Å². The van der Waals surface area contributed by atoms with Crippen LogP contribution < -0.4 is 10.6 Å². The lowest BCUT2D eigenvalue weighted by Crippen LogP contribution is -2.34. The van der Waals surface area contributed by atoms with Gasteiger partial charge in [0, 0.05) is 25.5 Å².